The predicted molar refractivity (Wildman–Crippen MR) is 72.5 cm³/mol. The van der Waals surface area contributed by atoms with Gasteiger partial charge in [0.25, 0.3) is 0 Å². The SMILES string of the molecule is CCOC(=O)C(C(=O)OCC)[C@@H](C)C1=CCCCC1. The second-order valence-electron chi connectivity index (χ2n) is 4.80. The zero-order valence-electron chi connectivity index (χ0n) is 12.1. The average Bonchev–Trinajstić information content (AvgIpc) is 2.40. The summed E-state index contributed by atoms with van der Waals surface area (Å²) in [7, 11) is 0. The minimum atomic E-state index is -0.829. The van der Waals surface area contributed by atoms with Gasteiger partial charge in [-0.15, -0.1) is 0 Å². The fraction of sp³-hybridized carbons (Fsp3) is 0.733. The summed E-state index contributed by atoms with van der Waals surface area (Å²) in [6.45, 7) is 5.95. The molecule has 0 spiro atoms. The van der Waals surface area contributed by atoms with E-state index in [9.17, 15) is 9.59 Å². The van der Waals surface area contributed by atoms with Gasteiger partial charge in [-0.2, -0.15) is 0 Å². The van der Waals surface area contributed by atoms with E-state index in [4.69, 9.17) is 9.47 Å². The summed E-state index contributed by atoms with van der Waals surface area (Å²) < 4.78 is 10.0. The van der Waals surface area contributed by atoms with Crippen molar-refractivity contribution in [3.63, 3.8) is 0 Å². The molecule has 0 unspecified atom stereocenters. The molecule has 0 saturated heterocycles. The van der Waals surface area contributed by atoms with Gasteiger partial charge in [-0.25, -0.2) is 0 Å². The maximum absolute atomic E-state index is 12.0. The minimum Gasteiger partial charge on any atom is -0.465 e. The Morgan fingerprint density at radius 1 is 1.16 bits per heavy atom. The first-order chi connectivity index (χ1) is 9.11. The third kappa shape index (κ3) is 4.37. The molecule has 1 aliphatic carbocycles. The van der Waals surface area contributed by atoms with Crippen LogP contribution >= 0.6 is 0 Å². The van der Waals surface area contributed by atoms with E-state index >= 15 is 0 Å². The molecule has 4 heteroatoms. The standard InChI is InChI=1S/C15H24O4/c1-4-18-14(16)13(15(17)19-5-2)11(3)12-9-7-6-8-10-12/h9,11,13H,4-8,10H2,1-3H3/t11-/m0/s1. The highest BCUT2D eigenvalue weighted by molar-refractivity contribution is 5.95. The Morgan fingerprint density at radius 3 is 2.16 bits per heavy atom. The Bertz CT molecular complexity index is 328. The molecule has 0 radical (unpaired) electrons. The van der Waals surface area contributed by atoms with E-state index in [2.05, 4.69) is 6.08 Å². The first-order valence-electron chi connectivity index (χ1n) is 7.14. The summed E-state index contributed by atoms with van der Waals surface area (Å²) in [5, 5.41) is 0. The van der Waals surface area contributed by atoms with Gasteiger partial charge in [-0.3, -0.25) is 9.59 Å². The molecule has 0 N–H and O–H groups in total. The molecule has 0 aromatic rings. The molecule has 0 saturated carbocycles. The molecule has 0 aromatic heterocycles. The van der Waals surface area contributed by atoms with Crippen LogP contribution in [-0.4, -0.2) is 25.2 Å². The second-order valence-corrected chi connectivity index (χ2v) is 4.80. The van der Waals surface area contributed by atoms with Gasteiger partial charge >= 0.3 is 11.9 Å². The van der Waals surface area contributed by atoms with E-state index in [1.807, 2.05) is 6.92 Å². The molecule has 108 valence electrons. The molecule has 0 aliphatic heterocycles. The van der Waals surface area contributed by atoms with Crippen LogP contribution in [0.15, 0.2) is 11.6 Å². The van der Waals surface area contributed by atoms with Crippen LogP contribution in [0.2, 0.25) is 0 Å². The zero-order chi connectivity index (χ0) is 14.3. The summed E-state index contributed by atoms with van der Waals surface area (Å²) in [6, 6.07) is 0. The van der Waals surface area contributed by atoms with Crippen LogP contribution in [0.5, 0.6) is 0 Å². The van der Waals surface area contributed by atoms with E-state index in [-0.39, 0.29) is 19.1 Å². The van der Waals surface area contributed by atoms with Crippen molar-refractivity contribution < 1.29 is 19.1 Å². The van der Waals surface area contributed by atoms with Crippen molar-refractivity contribution in [2.24, 2.45) is 11.8 Å². The van der Waals surface area contributed by atoms with Gasteiger partial charge < -0.3 is 9.47 Å². The quantitative estimate of drug-likeness (QED) is 0.422. The van der Waals surface area contributed by atoms with E-state index in [0.717, 1.165) is 19.3 Å². The zero-order valence-corrected chi connectivity index (χ0v) is 12.1. The molecule has 1 atom stereocenters. The summed E-state index contributed by atoms with van der Waals surface area (Å²) >= 11 is 0. The van der Waals surface area contributed by atoms with E-state index in [1.165, 1.54) is 12.0 Å². The Kier molecular flexibility index (Phi) is 6.60. The van der Waals surface area contributed by atoms with Gasteiger partial charge in [0.1, 0.15) is 0 Å². The van der Waals surface area contributed by atoms with Crippen molar-refractivity contribution in [2.75, 3.05) is 13.2 Å². The summed E-state index contributed by atoms with van der Waals surface area (Å²) in [5.74, 6) is -1.91. The molecule has 19 heavy (non-hydrogen) atoms. The second kappa shape index (κ2) is 7.97. The fourth-order valence-electron chi connectivity index (χ4n) is 2.46. The summed E-state index contributed by atoms with van der Waals surface area (Å²) in [5.41, 5.74) is 1.18. The van der Waals surface area contributed by atoms with Gasteiger partial charge in [0.2, 0.25) is 0 Å². The maximum Gasteiger partial charge on any atom is 0.320 e. The van der Waals surface area contributed by atoms with Gasteiger partial charge in [0.05, 0.1) is 13.2 Å². The first-order valence-corrected chi connectivity index (χ1v) is 7.14. The van der Waals surface area contributed by atoms with Crippen LogP contribution in [0, 0.1) is 11.8 Å². The van der Waals surface area contributed by atoms with Crippen LogP contribution in [0.4, 0.5) is 0 Å². The van der Waals surface area contributed by atoms with Crippen LogP contribution < -0.4 is 0 Å². The molecule has 0 amide bonds. The lowest BCUT2D eigenvalue weighted by molar-refractivity contribution is -0.163. The highest BCUT2D eigenvalue weighted by atomic mass is 16.6. The number of esters is 2. The molecular weight excluding hydrogens is 244 g/mol. The van der Waals surface area contributed by atoms with Gasteiger partial charge in [-0.1, -0.05) is 18.6 Å². The number of rotatable bonds is 6. The summed E-state index contributed by atoms with van der Waals surface area (Å²) in [4.78, 5) is 24.0. The van der Waals surface area contributed by atoms with Gasteiger partial charge in [-0.05, 0) is 39.5 Å². The van der Waals surface area contributed by atoms with Gasteiger partial charge in [0.15, 0.2) is 5.92 Å². The average molecular weight is 268 g/mol. The lowest BCUT2D eigenvalue weighted by atomic mass is 9.82. The van der Waals surface area contributed by atoms with Crippen LogP contribution in [0.1, 0.15) is 46.5 Å². The first kappa shape index (κ1) is 15.7. The Morgan fingerprint density at radius 2 is 1.74 bits per heavy atom. The van der Waals surface area contributed by atoms with E-state index in [0.29, 0.717) is 0 Å². The number of hydrogen-bond donors (Lipinski definition) is 0. The normalized spacial score (nSPS) is 16.7. The number of ether oxygens (including phenoxy) is 2. The van der Waals surface area contributed by atoms with Crippen molar-refractivity contribution in [3.8, 4) is 0 Å². The number of hydrogen-bond acceptors (Lipinski definition) is 4. The van der Waals surface area contributed by atoms with E-state index < -0.39 is 17.9 Å². The number of allylic oxidation sites excluding steroid dienone is 2. The third-order valence-electron chi connectivity index (χ3n) is 3.49. The Labute approximate surface area is 115 Å². The molecule has 4 nitrogen and oxygen atoms in total. The molecule has 1 aliphatic rings. The Balaban J connectivity index is 2.84. The number of carbonyl (C=O) groups excluding carboxylic acids is 2. The largest absolute Gasteiger partial charge is 0.465 e. The van der Waals surface area contributed by atoms with Crippen molar-refractivity contribution in [3.05, 3.63) is 11.6 Å². The Hall–Kier alpha value is -1.32. The smallest absolute Gasteiger partial charge is 0.320 e. The summed E-state index contributed by atoms with van der Waals surface area (Å²) in [6.07, 6.45) is 6.43. The molecule has 0 bridgehead atoms. The predicted octanol–water partition coefficient (Wildman–Crippen LogP) is 2.87. The van der Waals surface area contributed by atoms with Gasteiger partial charge in [0, 0.05) is 5.92 Å². The van der Waals surface area contributed by atoms with E-state index in [1.54, 1.807) is 13.8 Å². The van der Waals surface area contributed by atoms with Crippen LogP contribution in [0.3, 0.4) is 0 Å². The molecule has 0 aromatic carbocycles. The molecule has 0 heterocycles. The third-order valence-corrected chi connectivity index (χ3v) is 3.49. The van der Waals surface area contributed by atoms with Crippen molar-refractivity contribution in [2.45, 2.75) is 46.5 Å². The van der Waals surface area contributed by atoms with Crippen LogP contribution in [0.25, 0.3) is 0 Å². The molecular formula is C15H24O4. The maximum atomic E-state index is 12.0. The van der Waals surface area contributed by atoms with Crippen molar-refractivity contribution in [1.29, 1.82) is 0 Å². The topological polar surface area (TPSA) is 52.6 Å². The fourth-order valence-corrected chi connectivity index (χ4v) is 2.46. The van der Waals surface area contributed by atoms with Crippen molar-refractivity contribution in [1.82, 2.24) is 0 Å². The van der Waals surface area contributed by atoms with Crippen LogP contribution in [-0.2, 0) is 19.1 Å². The highest BCUT2D eigenvalue weighted by Gasteiger charge is 2.36. The van der Waals surface area contributed by atoms with Crippen molar-refractivity contribution >= 4 is 11.9 Å². The number of carbonyl (C=O) groups is 2. The molecule has 1 rings (SSSR count). The lowest BCUT2D eigenvalue weighted by Crippen LogP contribution is -2.34. The molecule has 0 fully saturated rings. The monoisotopic (exact) mass is 268 g/mol. The minimum absolute atomic E-state index is 0.140. The lowest BCUT2D eigenvalue weighted by Gasteiger charge is -2.25. The highest BCUT2D eigenvalue weighted by Crippen LogP contribution is 2.30.